The number of carbonyl (C=O) groups is 1. The SMILES string of the molecule is COc1cc(C)c(C(=O)C(C)C(C)N)cc1C. The number of benzene rings is 1. The minimum absolute atomic E-state index is 0.100. The fourth-order valence-electron chi connectivity index (χ4n) is 1.76. The second-order valence-electron chi connectivity index (χ2n) is 4.65. The first-order chi connectivity index (χ1) is 7.88. The lowest BCUT2D eigenvalue weighted by molar-refractivity contribution is 0.0916. The summed E-state index contributed by atoms with van der Waals surface area (Å²) in [7, 11) is 1.63. The largest absolute Gasteiger partial charge is 0.496 e. The van der Waals surface area contributed by atoms with Crippen LogP contribution in [0.2, 0.25) is 0 Å². The second-order valence-corrected chi connectivity index (χ2v) is 4.65. The highest BCUT2D eigenvalue weighted by Gasteiger charge is 2.21. The fourth-order valence-corrected chi connectivity index (χ4v) is 1.76. The van der Waals surface area contributed by atoms with Crippen LogP contribution in [0.25, 0.3) is 0 Å². The first-order valence-electron chi connectivity index (χ1n) is 5.83. The Morgan fingerprint density at radius 1 is 1.24 bits per heavy atom. The first kappa shape index (κ1) is 13.7. The lowest BCUT2D eigenvalue weighted by Gasteiger charge is -2.17. The molecule has 0 spiro atoms. The average molecular weight is 235 g/mol. The molecule has 0 saturated carbocycles. The lowest BCUT2D eigenvalue weighted by Crippen LogP contribution is -2.31. The molecule has 1 rings (SSSR count). The van der Waals surface area contributed by atoms with Crippen LogP contribution in [-0.4, -0.2) is 18.9 Å². The summed E-state index contributed by atoms with van der Waals surface area (Å²) in [6.45, 7) is 7.58. The molecule has 2 unspecified atom stereocenters. The zero-order valence-corrected chi connectivity index (χ0v) is 11.2. The molecule has 3 nitrogen and oxygen atoms in total. The van der Waals surface area contributed by atoms with Crippen molar-refractivity contribution in [3.63, 3.8) is 0 Å². The van der Waals surface area contributed by atoms with Gasteiger partial charge in [0.2, 0.25) is 0 Å². The quantitative estimate of drug-likeness (QED) is 0.816. The third kappa shape index (κ3) is 2.86. The van der Waals surface area contributed by atoms with E-state index in [1.807, 2.05) is 39.8 Å². The van der Waals surface area contributed by atoms with Crippen LogP contribution in [0.4, 0.5) is 0 Å². The topological polar surface area (TPSA) is 52.3 Å². The van der Waals surface area contributed by atoms with Crippen LogP contribution < -0.4 is 10.5 Å². The summed E-state index contributed by atoms with van der Waals surface area (Å²) in [5.41, 5.74) is 8.42. The zero-order chi connectivity index (χ0) is 13.2. The molecule has 0 saturated heterocycles. The number of carbonyl (C=O) groups excluding carboxylic acids is 1. The van der Waals surface area contributed by atoms with E-state index in [9.17, 15) is 4.79 Å². The Bertz CT molecular complexity index is 424. The van der Waals surface area contributed by atoms with Crippen LogP contribution in [-0.2, 0) is 0 Å². The third-order valence-corrected chi connectivity index (χ3v) is 3.21. The van der Waals surface area contributed by atoms with Crippen molar-refractivity contribution in [2.45, 2.75) is 33.7 Å². The number of rotatable bonds is 4. The van der Waals surface area contributed by atoms with E-state index in [1.165, 1.54) is 0 Å². The monoisotopic (exact) mass is 235 g/mol. The minimum atomic E-state index is -0.165. The molecule has 0 amide bonds. The van der Waals surface area contributed by atoms with Crippen LogP contribution in [0.15, 0.2) is 12.1 Å². The maximum absolute atomic E-state index is 12.2. The molecule has 2 atom stereocenters. The van der Waals surface area contributed by atoms with Gasteiger partial charge >= 0.3 is 0 Å². The van der Waals surface area contributed by atoms with Crippen molar-refractivity contribution in [1.82, 2.24) is 0 Å². The molecule has 0 fully saturated rings. The molecule has 3 heteroatoms. The smallest absolute Gasteiger partial charge is 0.167 e. The van der Waals surface area contributed by atoms with E-state index in [-0.39, 0.29) is 17.7 Å². The molecular weight excluding hydrogens is 214 g/mol. The van der Waals surface area contributed by atoms with Crippen molar-refractivity contribution in [2.75, 3.05) is 7.11 Å². The molecule has 0 heterocycles. The summed E-state index contributed by atoms with van der Waals surface area (Å²) in [4.78, 5) is 12.2. The number of Topliss-reactive ketones (excluding diaryl/α,β-unsaturated/α-hetero) is 1. The Kier molecular flexibility index (Phi) is 4.29. The van der Waals surface area contributed by atoms with E-state index in [0.717, 1.165) is 22.4 Å². The molecular formula is C14H21NO2. The van der Waals surface area contributed by atoms with Gasteiger partial charge in [-0.05, 0) is 44.0 Å². The number of methoxy groups -OCH3 is 1. The van der Waals surface area contributed by atoms with Crippen LogP contribution in [0.5, 0.6) is 5.75 Å². The van der Waals surface area contributed by atoms with E-state index >= 15 is 0 Å². The Labute approximate surface area is 103 Å². The van der Waals surface area contributed by atoms with Gasteiger partial charge in [0.1, 0.15) is 5.75 Å². The van der Waals surface area contributed by atoms with Gasteiger partial charge in [0.15, 0.2) is 5.78 Å². The van der Waals surface area contributed by atoms with Crippen LogP contribution in [0.3, 0.4) is 0 Å². The van der Waals surface area contributed by atoms with Gasteiger partial charge in [-0.25, -0.2) is 0 Å². The van der Waals surface area contributed by atoms with Gasteiger partial charge in [-0.3, -0.25) is 4.79 Å². The van der Waals surface area contributed by atoms with E-state index in [2.05, 4.69) is 0 Å². The van der Waals surface area contributed by atoms with Gasteiger partial charge in [-0.2, -0.15) is 0 Å². The van der Waals surface area contributed by atoms with Crippen LogP contribution in [0.1, 0.15) is 35.3 Å². The highest BCUT2D eigenvalue weighted by molar-refractivity contribution is 5.99. The maximum Gasteiger partial charge on any atom is 0.167 e. The standard InChI is InChI=1S/C14H21NO2/c1-8-7-13(17-5)9(2)6-12(8)14(16)10(3)11(4)15/h6-7,10-11H,15H2,1-5H3. The Morgan fingerprint density at radius 3 is 2.29 bits per heavy atom. The second kappa shape index (κ2) is 5.32. The Morgan fingerprint density at radius 2 is 1.82 bits per heavy atom. The highest BCUT2D eigenvalue weighted by Crippen LogP contribution is 2.24. The molecule has 0 aliphatic carbocycles. The maximum atomic E-state index is 12.2. The molecule has 0 radical (unpaired) electrons. The van der Waals surface area contributed by atoms with Gasteiger partial charge in [-0.15, -0.1) is 0 Å². The summed E-state index contributed by atoms with van der Waals surface area (Å²) in [6.07, 6.45) is 0. The van der Waals surface area contributed by atoms with Crippen molar-refractivity contribution in [3.05, 3.63) is 28.8 Å². The zero-order valence-electron chi connectivity index (χ0n) is 11.2. The third-order valence-electron chi connectivity index (χ3n) is 3.21. The normalized spacial score (nSPS) is 14.2. The highest BCUT2D eigenvalue weighted by atomic mass is 16.5. The van der Waals surface area contributed by atoms with Crippen molar-refractivity contribution >= 4 is 5.78 Å². The lowest BCUT2D eigenvalue weighted by atomic mass is 9.90. The van der Waals surface area contributed by atoms with Crippen molar-refractivity contribution < 1.29 is 9.53 Å². The summed E-state index contributed by atoms with van der Waals surface area (Å²) in [5.74, 6) is 0.747. The van der Waals surface area contributed by atoms with Crippen LogP contribution in [0, 0.1) is 19.8 Å². The van der Waals surface area contributed by atoms with E-state index in [4.69, 9.17) is 10.5 Å². The van der Waals surface area contributed by atoms with Gasteiger partial charge in [0, 0.05) is 17.5 Å². The summed E-state index contributed by atoms with van der Waals surface area (Å²) in [6, 6.07) is 3.65. The van der Waals surface area contributed by atoms with Crippen LogP contribution >= 0.6 is 0 Å². The number of hydrogen-bond acceptors (Lipinski definition) is 3. The Hall–Kier alpha value is -1.35. The number of ketones is 1. The van der Waals surface area contributed by atoms with Gasteiger partial charge in [0.05, 0.1) is 7.11 Å². The summed E-state index contributed by atoms with van der Waals surface area (Å²) < 4.78 is 5.23. The Balaban J connectivity index is 3.15. The fraction of sp³-hybridized carbons (Fsp3) is 0.500. The molecule has 1 aromatic carbocycles. The van der Waals surface area contributed by atoms with Gasteiger partial charge in [0.25, 0.3) is 0 Å². The predicted molar refractivity (Wildman–Crippen MR) is 69.6 cm³/mol. The average Bonchev–Trinajstić information content (AvgIpc) is 2.29. The number of ether oxygens (including phenoxy) is 1. The molecule has 94 valence electrons. The number of aryl methyl sites for hydroxylation is 2. The van der Waals surface area contributed by atoms with E-state index in [1.54, 1.807) is 7.11 Å². The first-order valence-corrected chi connectivity index (χ1v) is 5.83. The molecule has 0 aliphatic rings. The van der Waals surface area contributed by atoms with Crippen molar-refractivity contribution in [3.8, 4) is 5.75 Å². The van der Waals surface area contributed by atoms with Crippen molar-refractivity contribution in [2.24, 2.45) is 11.7 Å². The van der Waals surface area contributed by atoms with Gasteiger partial charge in [-0.1, -0.05) is 6.92 Å². The summed E-state index contributed by atoms with van der Waals surface area (Å²) in [5, 5.41) is 0. The van der Waals surface area contributed by atoms with Crippen molar-refractivity contribution in [1.29, 1.82) is 0 Å². The van der Waals surface area contributed by atoms with E-state index < -0.39 is 0 Å². The molecule has 0 aromatic heterocycles. The number of hydrogen-bond donors (Lipinski definition) is 1. The molecule has 0 bridgehead atoms. The predicted octanol–water partition coefficient (Wildman–Crippen LogP) is 2.48. The summed E-state index contributed by atoms with van der Waals surface area (Å²) >= 11 is 0. The van der Waals surface area contributed by atoms with E-state index in [0.29, 0.717) is 0 Å². The molecule has 1 aromatic rings. The molecule has 0 aliphatic heterocycles. The molecule has 2 N–H and O–H groups in total. The molecule has 17 heavy (non-hydrogen) atoms. The van der Waals surface area contributed by atoms with Gasteiger partial charge < -0.3 is 10.5 Å². The number of nitrogens with two attached hydrogens (primary N) is 1. The minimum Gasteiger partial charge on any atom is -0.496 e.